The summed E-state index contributed by atoms with van der Waals surface area (Å²) in [5.41, 5.74) is 3.21. The molecule has 8 heteroatoms. The molecule has 1 aliphatic rings. The second-order valence-corrected chi connectivity index (χ2v) is 6.27. The van der Waals surface area contributed by atoms with Crippen LogP contribution in [-0.4, -0.2) is 37.3 Å². The average Bonchev–Trinajstić information content (AvgIpc) is 2.88. The summed E-state index contributed by atoms with van der Waals surface area (Å²) in [5.74, 6) is 0.454. The standard InChI is InChI=1S/C17H20N6O2/c1-11-3-6-18-9-13(11)20-16-19-10-14-15(21-16)23(17(24)22(14)2)12-4-7-25-8-5-12/h3,6,9-10,12H,4-5,7-8H2,1-2H3,(H,19,20,21). The van der Waals surface area contributed by atoms with Crippen LogP contribution in [0.25, 0.3) is 11.2 Å². The predicted molar refractivity (Wildman–Crippen MR) is 94.1 cm³/mol. The van der Waals surface area contributed by atoms with Crippen LogP contribution < -0.4 is 11.0 Å². The molecule has 4 heterocycles. The predicted octanol–water partition coefficient (Wildman–Crippen LogP) is 1.93. The van der Waals surface area contributed by atoms with E-state index in [0.717, 1.165) is 29.6 Å². The molecule has 0 saturated carbocycles. The van der Waals surface area contributed by atoms with E-state index in [2.05, 4.69) is 20.3 Å². The number of nitrogens with one attached hydrogen (secondary N) is 1. The minimum atomic E-state index is -0.0640. The molecule has 0 bridgehead atoms. The fraction of sp³-hybridized carbons (Fsp3) is 0.412. The molecule has 1 fully saturated rings. The lowest BCUT2D eigenvalue weighted by molar-refractivity contribution is 0.0695. The molecule has 0 aromatic carbocycles. The minimum Gasteiger partial charge on any atom is -0.381 e. The van der Waals surface area contributed by atoms with Gasteiger partial charge in [0.05, 0.1) is 18.1 Å². The average molecular weight is 340 g/mol. The molecule has 4 rings (SSSR count). The summed E-state index contributed by atoms with van der Waals surface area (Å²) in [4.78, 5) is 25.8. The van der Waals surface area contributed by atoms with E-state index in [1.165, 1.54) is 0 Å². The van der Waals surface area contributed by atoms with E-state index in [4.69, 9.17) is 4.74 Å². The van der Waals surface area contributed by atoms with Crippen LogP contribution in [-0.2, 0) is 11.8 Å². The van der Waals surface area contributed by atoms with Gasteiger partial charge >= 0.3 is 5.69 Å². The van der Waals surface area contributed by atoms with Crippen LogP contribution in [0.5, 0.6) is 0 Å². The molecule has 3 aromatic rings. The summed E-state index contributed by atoms with van der Waals surface area (Å²) in [6.07, 6.45) is 6.79. The van der Waals surface area contributed by atoms with Crippen LogP contribution >= 0.6 is 0 Å². The Kier molecular flexibility index (Phi) is 3.96. The van der Waals surface area contributed by atoms with E-state index < -0.39 is 0 Å². The molecule has 1 saturated heterocycles. The summed E-state index contributed by atoms with van der Waals surface area (Å²) in [7, 11) is 1.75. The number of pyridine rings is 1. The van der Waals surface area contributed by atoms with Crippen LogP contribution in [0.1, 0.15) is 24.4 Å². The smallest absolute Gasteiger partial charge is 0.330 e. The van der Waals surface area contributed by atoms with Crippen LogP contribution in [0.4, 0.5) is 11.6 Å². The maximum atomic E-state index is 12.7. The van der Waals surface area contributed by atoms with Gasteiger partial charge in [-0.3, -0.25) is 14.1 Å². The van der Waals surface area contributed by atoms with Crippen LogP contribution in [0, 0.1) is 6.92 Å². The minimum absolute atomic E-state index is 0.0640. The van der Waals surface area contributed by atoms with Crippen molar-refractivity contribution in [1.82, 2.24) is 24.1 Å². The highest BCUT2D eigenvalue weighted by Crippen LogP contribution is 2.24. The SMILES string of the molecule is Cc1ccncc1Nc1ncc2c(n1)n(C1CCOCC1)c(=O)n2C. The molecule has 0 radical (unpaired) electrons. The van der Waals surface area contributed by atoms with E-state index in [1.807, 2.05) is 13.0 Å². The second kappa shape index (κ2) is 6.29. The van der Waals surface area contributed by atoms with Crippen molar-refractivity contribution in [3.8, 4) is 0 Å². The third-order valence-corrected chi connectivity index (χ3v) is 4.67. The molecule has 25 heavy (non-hydrogen) atoms. The first-order valence-electron chi connectivity index (χ1n) is 8.34. The van der Waals surface area contributed by atoms with Crippen molar-refractivity contribution in [3.63, 3.8) is 0 Å². The zero-order valence-corrected chi connectivity index (χ0v) is 14.3. The molecule has 8 nitrogen and oxygen atoms in total. The lowest BCUT2D eigenvalue weighted by Crippen LogP contribution is -2.30. The number of rotatable bonds is 3. The first-order valence-corrected chi connectivity index (χ1v) is 8.34. The van der Waals surface area contributed by atoms with Crippen molar-refractivity contribution in [2.75, 3.05) is 18.5 Å². The van der Waals surface area contributed by atoms with Crippen LogP contribution in [0.2, 0.25) is 0 Å². The first kappa shape index (κ1) is 15.8. The third-order valence-electron chi connectivity index (χ3n) is 4.67. The monoisotopic (exact) mass is 340 g/mol. The van der Waals surface area contributed by atoms with Crippen molar-refractivity contribution in [2.24, 2.45) is 7.05 Å². The van der Waals surface area contributed by atoms with Gasteiger partial charge in [-0.15, -0.1) is 0 Å². The van der Waals surface area contributed by atoms with E-state index in [1.54, 1.807) is 34.8 Å². The number of nitrogens with zero attached hydrogens (tertiary/aromatic N) is 5. The zero-order chi connectivity index (χ0) is 17.4. The quantitative estimate of drug-likeness (QED) is 0.784. The van der Waals surface area contributed by atoms with Gasteiger partial charge < -0.3 is 10.1 Å². The van der Waals surface area contributed by atoms with Crippen molar-refractivity contribution in [3.05, 3.63) is 40.7 Å². The fourth-order valence-electron chi connectivity index (χ4n) is 3.18. The molecule has 0 amide bonds. The van der Waals surface area contributed by atoms with Gasteiger partial charge in [0.1, 0.15) is 5.52 Å². The lowest BCUT2D eigenvalue weighted by atomic mass is 10.1. The van der Waals surface area contributed by atoms with Crippen molar-refractivity contribution >= 4 is 22.8 Å². The Hall–Kier alpha value is -2.74. The van der Waals surface area contributed by atoms with Gasteiger partial charge in [0, 0.05) is 32.5 Å². The summed E-state index contributed by atoms with van der Waals surface area (Å²) in [6, 6.07) is 2.02. The van der Waals surface area contributed by atoms with Gasteiger partial charge in [0.15, 0.2) is 5.65 Å². The highest BCUT2D eigenvalue weighted by atomic mass is 16.5. The maximum Gasteiger partial charge on any atom is 0.330 e. The summed E-state index contributed by atoms with van der Waals surface area (Å²) in [6.45, 7) is 3.32. The number of aryl methyl sites for hydroxylation is 2. The zero-order valence-electron chi connectivity index (χ0n) is 14.3. The van der Waals surface area contributed by atoms with Gasteiger partial charge in [0.25, 0.3) is 0 Å². The third kappa shape index (κ3) is 2.78. The van der Waals surface area contributed by atoms with E-state index in [-0.39, 0.29) is 11.7 Å². The fourth-order valence-corrected chi connectivity index (χ4v) is 3.18. The largest absolute Gasteiger partial charge is 0.381 e. The number of ether oxygens (including phenoxy) is 1. The Bertz CT molecular complexity index is 971. The number of fused-ring (bicyclic) bond motifs is 1. The first-order chi connectivity index (χ1) is 12.1. The van der Waals surface area contributed by atoms with Crippen molar-refractivity contribution in [1.29, 1.82) is 0 Å². The summed E-state index contributed by atoms with van der Waals surface area (Å²) >= 11 is 0. The number of anilines is 2. The van der Waals surface area contributed by atoms with Gasteiger partial charge in [-0.2, -0.15) is 4.98 Å². The molecule has 0 atom stereocenters. The Morgan fingerprint density at radius 2 is 2.08 bits per heavy atom. The molecule has 1 aliphatic heterocycles. The Balaban J connectivity index is 1.79. The van der Waals surface area contributed by atoms with Crippen molar-refractivity contribution < 1.29 is 4.74 Å². The van der Waals surface area contributed by atoms with Gasteiger partial charge in [-0.05, 0) is 31.4 Å². The normalized spacial score (nSPS) is 15.6. The lowest BCUT2D eigenvalue weighted by Gasteiger charge is -2.22. The molecule has 130 valence electrons. The van der Waals surface area contributed by atoms with Crippen LogP contribution in [0.3, 0.4) is 0 Å². The summed E-state index contributed by atoms with van der Waals surface area (Å²) < 4.78 is 8.80. The Morgan fingerprint density at radius 3 is 2.84 bits per heavy atom. The highest BCUT2D eigenvalue weighted by molar-refractivity contribution is 5.73. The molecule has 1 N–H and O–H groups in total. The van der Waals surface area contributed by atoms with Gasteiger partial charge in [0.2, 0.25) is 5.95 Å². The molecule has 3 aromatic heterocycles. The van der Waals surface area contributed by atoms with Crippen LogP contribution in [0.15, 0.2) is 29.5 Å². The van der Waals surface area contributed by atoms with Gasteiger partial charge in [-0.1, -0.05) is 0 Å². The maximum absolute atomic E-state index is 12.7. The molecule has 0 spiro atoms. The highest BCUT2D eigenvalue weighted by Gasteiger charge is 2.23. The molecular formula is C17H20N6O2. The summed E-state index contributed by atoms with van der Waals surface area (Å²) in [5, 5.41) is 3.19. The van der Waals surface area contributed by atoms with E-state index >= 15 is 0 Å². The Labute approximate surface area is 144 Å². The molecule has 0 aliphatic carbocycles. The Morgan fingerprint density at radius 1 is 1.28 bits per heavy atom. The van der Waals surface area contributed by atoms with Gasteiger partial charge in [-0.25, -0.2) is 9.78 Å². The number of hydrogen-bond donors (Lipinski definition) is 1. The molecule has 0 unspecified atom stereocenters. The molecular weight excluding hydrogens is 320 g/mol. The number of hydrogen-bond acceptors (Lipinski definition) is 6. The van der Waals surface area contributed by atoms with E-state index in [0.29, 0.717) is 24.8 Å². The topological polar surface area (TPSA) is 86.9 Å². The van der Waals surface area contributed by atoms with E-state index in [9.17, 15) is 4.79 Å². The number of aromatic nitrogens is 5. The number of imidazole rings is 1. The van der Waals surface area contributed by atoms with Crippen molar-refractivity contribution in [2.45, 2.75) is 25.8 Å². The second-order valence-electron chi connectivity index (χ2n) is 6.27.